The first-order valence-electron chi connectivity index (χ1n) is 9.95. The molecule has 0 radical (unpaired) electrons. The van der Waals surface area contributed by atoms with Crippen LogP contribution in [0.5, 0.6) is 5.75 Å². The molecule has 4 rings (SSSR count). The number of benzene rings is 1. The summed E-state index contributed by atoms with van der Waals surface area (Å²) in [7, 11) is 0. The van der Waals surface area contributed by atoms with Crippen molar-refractivity contribution in [1.29, 1.82) is 0 Å². The number of aromatic nitrogens is 2. The van der Waals surface area contributed by atoms with Crippen molar-refractivity contribution in [3.63, 3.8) is 0 Å². The predicted molar refractivity (Wildman–Crippen MR) is 115 cm³/mol. The third-order valence-electron chi connectivity index (χ3n) is 4.90. The van der Waals surface area contributed by atoms with Crippen LogP contribution in [-0.4, -0.2) is 27.8 Å². The maximum absolute atomic E-state index is 12.7. The van der Waals surface area contributed by atoms with E-state index in [2.05, 4.69) is 10.3 Å². The van der Waals surface area contributed by atoms with E-state index in [9.17, 15) is 9.59 Å². The lowest BCUT2D eigenvalue weighted by Crippen LogP contribution is -2.28. The van der Waals surface area contributed by atoms with Crippen LogP contribution in [0.4, 0.5) is 5.69 Å². The number of carbonyl (C=O) groups is 1. The highest BCUT2D eigenvalue weighted by atomic mass is 32.2. The second-order valence-electron chi connectivity index (χ2n) is 6.91. The van der Waals surface area contributed by atoms with E-state index in [-0.39, 0.29) is 17.3 Å². The van der Waals surface area contributed by atoms with Gasteiger partial charge in [0, 0.05) is 11.3 Å². The Kier molecular flexibility index (Phi) is 6.23. The van der Waals surface area contributed by atoms with Crippen LogP contribution in [0.1, 0.15) is 30.4 Å². The van der Waals surface area contributed by atoms with Crippen LogP contribution in [0.25, 0.3) is 0 Å². The van der Waals surface area contributed by atoms with Gasteiger partial charge in [0.25, 0.3) is 0 Å². The van der Waals surface area contributed by atoms with Gasteiger partial charge in [-0.3, -0.25) is 9.36 Å². The molecule has 0 saturated heterocycles. The third-order valence-corrected chi connectivity index (χ3v) is 5.91. The van der Waals surface area contributed by atoms with Crippen molar-refractivity contribution in [2.45, 2.75) is 37.8 Å². The highest BCUT2D eigenvalue weighted by Gasteiger charge is 2.23. The summed E-state index contributed by atoms with van der Waals surface area (Å²) >= 11 is 1.30. The predicted octanol–water partition coefficient (Wildman–Crippen LogP) is 3.50. The molecule has 0 spiro atoms. The number of nitrogens with zero attached hydrogens (tertiary/aromatic N) is 2. The quantitative estimate of drug-likeness (QED) is 0.439. The number of furan rings is 1. The van der Waals surface area contributed by atoms with Gasteiger partial charge in [-0.05, 0) is 50.5 Å². The molecular formula is C22H23N3O4S. The fourth-order valence-electron chi connectivity index (χ4n) is 3.60. The van der Waals surface area contributed by atoms with Crippen molar-refractivity contribution in [1.82, 2.24) is 9.55 Å². The van der Waals surface area contributed by atoms with Gasteiger partial charge in [0.15, 0.2) is 0 Å². The maximum Gasteiger partial charge on any atom is 0.349 e. The number of anilines is 1. The van der Waals surface area contributed by atoms with Crippen molar-refractivity contribution in [3.05, 3.63) is 70.2 Å². The maximum atomic E-state index is 12.7. The normalized spacial score (nSPS) is 12.6. The summed E-state index contributed by atoms with van der Waals surface area (Å²) in [6, 6.07) is 11.0. The molecule has 7 nitrogen and oxygen atoms in total. The summed E-state index contributed by atoms with van der Waals surface area (Å²) in [5.41, 5.74) is 2.39. The molecule has 0 aliphatic heterocycles. The zero-order valence-electron chi connectivity index (χ0n) is 16.7. The second kappa shape index (κ2) is 9.21. The fraction of sp³-hybridized carbons (Fsp3) is 0.318. The van der Waals surface area contributed by atoms with Gasteiger partial charge < -0.3 is 14.5 Å². The average molecular weight is 426 g/mol. The lowest BCUT2D eigenvalue weighted by atomic mass is 10.2. The minimum Gasteiger partial charge on any atom is -0.492 e. The number of thioether (sulfide) groups is 1. The van der Waals surface area contributed by atoms with Crippen molar-refractivity contribution in [2.75, 3.05) is 17.7 Å². The van der Waals surface area contributed by atoms with E-state index in [0.29, 0.717) is 29.6 Å². The van der Waals surface area contributed by atoms with Crippen molar-refractivity contribution >= 4 is 23.4 Å². The summed E-state index contributed by atoms with van der Waals surface area (Å²) in [5.74, 6) is 1.36. The molecule has 8 heteroatoms. The van der Waals surface area contributed by atoms with E-state index in [4.69, 9.17) is 9.15 Å². The number of ether oxygens (including phenoxy) is 1. The lowest BCUT2D eigenvalue weighted by Gasteiger charge is -2.14. The van der Waals surface area contributed by atoms with E-state index >= 15 is 0 Å². The minimum atomic E-state index is -0.309. The summed E-state index contributed by atoms with van der Waals surface area (Å²) < 4.78 is 12.6. The monoisotopic (exact) mass is 425 g/mol. The topological polar surface area (TPSA) is 86.4 Å². The Morgan fingerprint density at radius 1 is 1.27 bits per heavy atom. The average Bonchev–Trinajstić information content (AvgIpc) is 3.42. The van der Waals surface area contributed by atoms with E-state index in [1.165, 1.54) is 11.8 Å². The number of hydrogen-bond acceptors (Lipinski definition) is 6. The van der Waals surface area contributed by atoms with Gasteiger partial charge in [-0.2, -0.15) is 4.98 Å². The zero-order chi connectivity index (χ0) is 20.9. The van der Waals surface area contributed by atoms with Gasteiger partial charge >= 0.3 is 5.69 Å². The molecule has 0 fully saturated rings. The molecule has 0 bridgehead atoms. The van der Waals surface area contributed by atoms with Gasteiger partial charge in [-0.1, -0.05) is 23.9 Å². The molecule has 1 aliphatic carbocycles. The van der Waals surface area contributed by atoms with Crippen LogP contribution in [0.15, 0.2) is 56.9 Å². The number of para-hydroxylation sites is 2. The number of carbonyl (C=O) groups excluding carboxylic acids is 1. The molecule has 3 aromatic rings. The highest BCUT2D eigenvalue weighted by molar-refractivity contribution is 8.00. The smallest absolute Gasteiger partial charge is 0.349 e. The molecular weight excluding hydrogens is 402 g/mol. The first-order valence-corrected chi connectivity index (χ1v) is 10.9. The highest BCUT2D eigenvalue weighted by Crippen LogP contribution is 2.30. The molecule has 1 N–H and O–H groups in total. The summed E-state index contributed by atoms with van der Waals surface area (Å²) in [6.07, 6.45) is 4.26. The SMILES string of the molecule is CCOc1ccccc1NC(=O)CSc1nc(=O)n(Cc2ccco2)c2c1CCC2. The number of nitrogens with one attached hydrogen (secondary N) is 1. The van der Waals surface area contributed by atoms with E-state index in [1.807, 2.05) is 31.2 Å². The molecule has 0 atom stereocenters. The van der Waals surface area contributed by atoms with Crippen molar-refractivity contribution in [3.8, 4) is 5.75 Å². The first kappa shape index (κ1) is 20.3. The standard InChI is InChI=1S/C22H23N3O4S/c1-2-28-19-11-4-3-9-17(19)23-20(26)14-30-21-16-8-5-10-18(16)25(22(27)24-21)13-15-7-6-12-29-15/h3-4,6-7,9,11-12H,2,5,8,10,13-14H2,1H3,(H,23,26). The molecule has 1 amide bonds. The van der Waals surface area contributed by atoms with Crippen molar-refractivity contribution in [2.24, 2.45) is 0 Å². The fourth-order valence-corrected chi connectivity index (χ4v) is 4.48. The zero-order valence-corrected chi connectivity index (χ0v) is 17.5. The van der Waals surface area contributed by atoms with Crippen LogP contribution >= 0.6 is 11.8 Å². The second-order valence-corrected chi connectivity index (χ2v) is 7.87. The third kappa shape index (κ3) is 4.43. The van der Waals surface area contributed by atoms with Crippen LogP contribution < -0.4 is 15.7 Å². The molecule has 0 unspecified atom stereocenters. The summed E-state index contributed by atoms with van der Waals surface area (Å²) in [5, 5.41) is 3.53. The summed E-state index contributed by atoms with van der Waals surface area (Å²) in [6.45, 7) is 2.79. The lowest BCUT2D eigenvalue weighted by molar-refractivity contribution is -0.113. The Balaban J connectivity index is 1.48. The largest absolute Gasteiger partial charge is 0.492 e. The van der Waals surface area contributed by atoms with E-state index < -0.39 is 0 Å². The first-order chi connectivity index (χ1) is 14.7. The molecule has 0 saturated carbocycles. The Bertz CT molecular complexity index is 1090. The Labute approximate surface area is 178 Å². The number of rotatable bonds is 8. The number of fused-ring (bicyclic) bond motifs is 1. The minimum absolute atomic E-state index is 0.166. The molecule has 2 heterocycles. The van der Waals surface area contributed by atoms with Crippen LogP contribution in [0.3, 0.4) is 0 Å². The summed E-state index contributed by atoms with van der Waals surface area (Å²) in [4.78, 5) is 29.4. The molecule has 2 aromatic heterocycles. The van der Waals surface area contributed by atoms with Gasteiger partial charge in [-0.25, -0.2) is 4.79 Å². The van der Waals surface area contributed by atoms with E-state index in [0.717, 1.165) is 36.3 Å². The Morgan fingerprint density at radius 2 is 2.13 bits per heavy atom. The number of amides is 1. The van der Waals surface area contributed by atoms with Gasteiger partial charge in [0.1, 0.15) is 16.5 Å². The molecule has 1 aromatic carbocycles. The van der Waals surface area contributed by atoms with Crippen molar-refractivity contribution < 1.29 is 13.9 Å². The van der Waals surface area contributed by atoms with Gasteiger partial charge in [-0.15, -0.1) is 0 Å². The van der Waals surface area contributed by atoms with E-state index in [1.54, 1.807) is 23.0 Å². The van der Waals surface area contributed by atoms with Crippen LogP contribution in [-0.2, 0) is 24.2 Å². The molecule has 156 valence electrons. The van der Waals surface area contributed by atoms with Gasteiger partial charge in [0.05, 0.1) is 30.9 Å². The molecule has 1 aliphatic rings. The van der Waals surface area contributed by atoms with Crippen LogP contribution in [0.2, 0.25) is 0 Å². The molecule has 30 heavy (non-hydrogen) atoms. The Hall–Kier alpha value is -3.00. The van der Waals surface area contributed by atoms with Gasteiger partial charge in [0.2, 0.25) is 5.91 Å². The number of hydrogen-bond donors (Lipinski definition) is 1. The van der Waals surface area contributed by atoms with Crippen LogP contribution in [0, 0.1) is 0 Å². The Morgan fingerprint density at radius 3 is 2.93 bits per heavy atom.